The molecule has 0 fully saturated rings. The van der Waals surface area contributed by atoms with Gasteiger partial charge in [-0.15, -0.1) is 0 Å². The molecule has 0 spiro atoms. The number of hydrogen-bond donors (Lipinski definition) is 0. The topological polar surface area (TPSA) is 0 Å². The van der Waals surface area contributed by atoms with Crippen molar-refractivity contribution in [3.63, 3.8) is 0 Å². The van der Waals surface area contributed by atoms with Gasteiger partial charge in [0.15, 0.2) is 0 Å². The Morgan fingerprint density at radius 1 is 0.421 bits per heavy atom. The fraction of sp³-hybridized carbons (Fsp3) is 0. The van der Waals surface area contributed by atoms with Gasteiger partial charge >= 0.3 is 0 Å². The van der Waals surface area contributed by atoms with Gasteiger partial charge in [0.25, 0.3) is 0 Å². The standard InChI is InChI=1S/C12H3Cl7/c13-6-3-8(15)7(14)1-4(6)5-2-9(16)11(18)12(19)10(5)17/h1-3H/i1+1,2+1,3+1,4+1,5+1,6+1,7+1,8+1,9+1,10+1,11+1,12+1. The Balaban J connectivity index is 2.76. The van der Waals surface area contributed by atoms with Gasteiger partial charge in [0.05, 0.1) is 35.2 Å². The largest absolute Gasteiger partial charge is 0.0836 e. The van der Waals surface area contributed by atoms with Gasteiger partial charge < -0.3 is 0 Å². The third-order valence-electron chi connectivity index (χ3n) is 2.40. The van der Waals surface area contributed by atoms with Crippen molar-refractivity contribution >= 4 is 81.2 Å². The van der Waals surface area contributed by atoms with Crippen LogP contribution in [0.4, 0.5) is 0 Å². The van der Waals surface area contributed by atoms with Gasteiger partial charge in [-0.05, 0) is 18.2 Å². The quantitative estimate of drug-likeness (QED) is 0.333. The molecule has 0 radical (unpaired) electrons. The van der Waals surface area contributed by atoms with Crippen molar-refractivity contribution in [2.45, 2.75) is 0 Å². The lowest BCUT2D eigenvalue weighted by molar-refractivity contribution is 1.61. The molecule has 7 heteroatoms. The van der Waals surface area contributed by atoms with Crippen molar-refractivity contribution in [1.29, 1.82) is 0 Å². The highest BCUT2D eigenvalue weighted by molar-refractivity contribution is 6.53. The van der Waals surface area contributed by atoms with Crippen LogP contribution in [0.2, 0.25) is 35.2 Å². The van der Waals surface area contributed by atoms with Gasteiger partial charge in [0.2, 0.25) is 0 Å². The van der Waals surface area contributed by atoms with Crippen molar-refractivity contribution in [3.8, 4) is 11.1 Å². The Kier molecular flexibility index (Phi) is 5.07. The molecule has 0 aliphatic carbocycles. The molecular weight excluding hydrogens is 404 g/mol. The highest BCUT2D eigenvalue weighted by atomic mass is 35.5. The van der Waals surface area contributed by atoms with Crippen LogP contribution < -0.4 is 0 Å². The zero-order chi connectivity index (χ0) is 14.3. The monoisotopic (exact) mass is 404 g/mol. The van der Waals surface area contributed by atoms with Crippen molar-refractivity contribution in [2.24, 2.45) is 0 Å². The molecule has 0 bridgehead atoms. The molecule has 0 aliphatic rings. The van der Waals surface area contributed by atoms with E-state index in [1.807, 2.05) is 0 Å². The lowest BCUT2D eigenvalue weighted by atomic mass is 11.0. The van der Waals surface area contributed by atoms with Gasteiger partial charge in [0.1, 0.15) is 0 Å². The zero-order valence-electron chi connectivity index (χ0n) is 8.88. The Morgan fingerprint density at radius 3 is 1.58 bits per heavy atom. The van der Waals surface area contributed by atoms with Crippen molar-refractivity contribution < 1.29 is 0 Å². The maximum Gasteiger partial charge on any atom is 0.0800 e. The van der Waals surface area contributed by atoms with E-state index < -0.39 is 0 Å². The fourth-order valence-electron chi connectivity index (χ4n) is 1.50. The number of hydrogen-bond acceptors (Lipinski definition) is 0. The molecule has 0 aromatic heterocycles. The average molecular weight is 407 g/mol. The van der Waals surface area contributed by atoms with E-state index in [2.05, 4.69) is 0 Å². The summed E-state index contributed by atoms with van der Waals surface area (Å²) in [6.07, 6.45) is 0. The van der Waals surface area contributed by atoms with Crippen LogP contribution in [0, 0.1) is 0 Å². The second-order valence-corrected chi connectivity index (χ2v) is 6.36. The second kappa shape index (κ2) is 6.07. The number of halogens is 7. The summed E-state index contributed by atoms with van der Waals surface area (Å²) in [5.74, 6) is 0. The first-order chi connectivity index (χ1) is 8.82. The average Bonchev–Trinajstić information content (AvgIpc) is 2.36. The van der Waals surface area contributed by atoms with E-state index in [-0.39, 0.29) is 20.1 Å². The van der Waals surface area contributed by atoms with E-state index in [1.54, 1.807) is 12.1 Å². The normalized spacial score (nSPS) is 10.9. The lowest BCUT2D eigenvalue weighted by Crippen LogP contribution is -1.86. The molecule has 0 atom stereocenters. The van der Waals surface area contributed by atoms with Gasteiger partial charge in [0, 0.05) is 11.1 Å². The summed E-state index contributed by atoms with van der Waals surface area (Å²) in [4.78, 5) is 0. The third-order valence-corrected chi connectivity index (χ3v) is 5.19. The molecule has 0 unspecified atom stereocenters. The SMILES string of the molecule is Cl[13c]1[13cH][13c](Cl)[13c](-[13c]2[13cH][13c](Cl)[13c](Cl)[13c](Cl)[13c]2Cl)[13cH][13c]1Cl. The lowest BCUT2D eigenvalue weighted by Gasteiger charge is -2.12. The molecule has 19 heavy (non-hydrogen) atoms. The minimum atomic E-state index is 0.160. The summed E-state index contributed by atoms with van der Waals surface area (Å²) in [6, 6.07) is 4.69. The Hall–Kier alpha value is 0.470. The van der Waals surface area contributed by atoms with E-state index in [4.69, 9.17) is 81.2 Å². The smallest absolute Gasteiger partial charge is 0.0800 e. The number of rotatable bonds is 1. The van der Waals surface area contributed by atoms with Crippen LogP contribution in [0.1, 0.15) is 0 Å². The zero-order valence-corrected chi connectivity index (χ0v) is 14.2. The summed E-state index contributed by atoms with van der Waals surface area (Å²) in [5.41, 5.74) is 1.10. The van der Waals surface area contributed by atoms with E-state index in [0.29, 0.717) is 26.2 Å². The van der Waals surface area contributed by atoms with E-state index >= 15 is 0 Å². The van der Waals surface area contributed by atoms with Gasteiger partial charge in [-0.3, -0.25) is 0 Å². The maximum atomic E-state index is 6.16. The van der Waals surface area contributed by atoms with Crippen molar-refractivity contribution in [3.05, 3.63) is 53.4 Å². The fourth-order valence-corrected chi connectivity index (χ4v) is 3.05. The van der Waals surface area contributed by atoms with Crippen molar-refractivity contribution in [2.75, 3.05) is 0 Å². The Labute approximate surface area is 145 Å². The predicted octanol–water partition coefficient (Wildman–Crippen LogP) is 7.93. The summed E-state index contributed by atoms with van der Waals surface area (Å²) >= 11 is 42.1. The highest BCUT2D eigenvalue weighted by Crippen LogP contribution is 2.45. The van der Waals surface area contributed by atoms with Crippen LogP contribution in [0.3, 0.4) is 0 Å². The first-order valence-corrected chi connectivity index (χ1v) is 7.45. The number of benzene rings is 2. The third kappa shape index (κ3) is 3.06. The molecule has 2 aromatic carbocycles. The first kappa shape index (κ1) is 15.9. The Morgan fingerprint density at radius 2 is 0.947 bits per heavy atom. The highest BCUT2D eigenvalue weighted by Gasteiger charge is 2.17. The van der Waals surface area contributed by atoms with Crippen LogP contribution in [0.25, 0.3) is 11.1 Å². The van der Waals surface area contributed by atoms with E-state index in [0.717, 1.165) is 0 Å². The maximum absolute atomic E-state index is 6.16. The Bertz CT molecular complexity index is 664. The minimum absolute atomic E-state index is 0.160. The minimum Gasteiger partial charge on any atom is -0.0836 e. The van der Waals surface area contributed by atoms with E-state index in [1.165, 1.54) is 6.07 Å². The molecule has 0 heterocycles. The molecule has 2 rings (SSSR count). The van der Waals surface area contributed by atoms with Gasteiger partial charge in [-0.2, -0.15) is 0 Å². The molecule has 0 amide bonds. The van der Waals surface area contributed by atoms with Crippen LogP contribution in [-0.4, -0.2) is 0 Å². The predicted molar refractivity (Wildman–Crippen MR) is 86.9 cm³/mol. The van der Waals surface area contributed by atoms with E-state index in [9.17, 15) is 0 Å². The van der Waals surface area contributed by atoms with Crippen molar-refractivity contribution in [1.82, 2.24) is 0 Å². The summed E-state index contributed by atoms with van der Waals surface area (Å²) < 4.78 is 0. The summed E-state index contributed by atoms with van der Waals surface area (Å²) in [5, 5.41) is 1.94. The van der Waals surface area contributed by atoms with Crippen LogP contribution in [-0.2, 0) is 0 Å². The second-order valence-electron chi connectivity index (χ2n) is 3.59. The molecule has 0 saturated heterocycles. The summed E-state index contributed by atoms with van der Waals surface area (Å²) in [6.45, 7) is 0. The first-order valence-electron chi connectivity index (χ1n) is 4.80. The molecule has 100 valence electrons. The molecule has 0 aliphatic heterocycles. The molecule has 0 N–H and O–H groups in total. The van der Waals surface area contributed by atoms with Crippen LogP contribution in [0.15, 0.2) is 18.2 Å². The molecule has 0 nitrogen and oxygen atoms in total. The molecule has 2 aromatic rings. The van der Waals surface area contributed by atoms with Gasteiger partial charge in [-0.25, -0.2) is 0 Å². The molecule has 0 saturated carbocycles. The van der Waals surface area contributed by atoms with Gasteiger partial charge in [-0.1, -0.05) is 81.2 Å². The summed E-state index contributed by atoms with van der Waals surface area (Å²) in [7, 11) is 0. The van der Waals surface area contributed by atoms with Crippen LogP contribution >= 0.6 is 81.2 Å². The van der Waals surface area contributed by atoms with Crippen LogP contribution in [0.5, 0.6) is 0 Å². The molecular formula is C12H3Cl7.